The van der Waals surface area contributed by atoms with E-state index in [1.165, 1.54) is 0 Å². The van der Waals surface area contributed by atoms with E-state index in [-0.39, 0.29) is 5.75 Å². The fourth-order valence-electron chi connectivity index (χ4n) is 1.62. The number of rotatable bonds is 3. The molecule has 3 nitrogen and oxygen atoms in total. The van der Waals surface area contributed by atoms with Crippen LogP contribution in [0.3, 0.4) is 0 Å². The molecule has 2 aromatic carbocycles. The summed E-state index contributed by atoms with van der Waals surface area (Å²) in [6.07, 6.45) is 0. The second kappa shape index (κ2) is 4.78. The van der Waals surface area contributed by atoms with E-state index in [1.807, 2.05) is 31.2 Å². The number of benzene rings is 2. The zero-order chi connectivity index (χ0) is 12.3. The molecule has 2 aromatic rings. The Balaban J connectivity index is 2.10. The molecule has 0 spiro atoms. The molecule has 2 rings (SSSR count). The van der Waals surface area contributed by atoms with E-state index in [4.69, 9.17) is 10.5 Å². The van der Waals surface area contributed by atoms with Gasteiger partial charge in [-0.15, -0.1) is 0 Å². The molecule has 88 valence electrons. The van der Waals surface area contributed by atoms with Crippen LogP contribution < -0.4 is 10.5 Å². The van der Waals surface area contributed by atoms with Crippen LogP contribution in [-0.2, 0) is 6.61 Å². The standard InChI is InChI=1S/C14H15NO2/c1-10-8-12(16)6-7-14(10)17-9-11-4-2-3-5-13(11)15/h2-8,16H,9,15H2,1H3. The van der Waals surface area contributed by atoms with Gasteiger partial charge in [0.25, 0.3) is 0 Å². The molecule has 0 aliphatic heterocycles. The van der Waals surface area contributed by atoms with Gasteiger partial charge in [-0.25, -0.2) is 0 Å². The van der Waals surface area contributed by atoms with Crippen molar-refractivity contribution in [1.82, 2.24) is 0 Å². The van der Waals surface area contributed by atoms with Gasteiger partial charge in [-0.1, -0.05) is 18.2 Å². The number of hydrogen-bond acceptors (Lipinski definition) is 3. The number of anilines is 1. The Hall–Kier alpha value is -2.16. The molecule has 0 unspecified atom stereocenters. The molecule has 0 heterocycles. The molecular weight excluding hydrogens is 214 g/mol. The van der Waals surface area contributed by atoms with Gasteiger partial charge in [-0.2, -0.15) is 0 Å². The zero-order valence-corrected chi connectivity index (χ0v) is 9.68. The summed E-state index contributed by atoms with van der Waals surface area (Å²) in [6.45, 7) is 2.32. The predicted octanol–water partition coefficient (Wildman–Crippen LogP) is 2.86. The van der Waals surface area contributed by atoms with Gasteiger partial charge in [0.05, 0.1) is 0 Å². The lowest BCUT2D eigenvalue weighted by Crippen LogP contribution is -2.00. The first-order valence-corrected chi connectivity index (χ1v) is 5.42. The first-order valence-electron chi connectivity index (χ1n) is 5.42. The van der Waals surface area contributed by atoms with E-state index in [9.17, 15) is 5.11 Å². The van der Waals surface area contributed by atoms with Crippen molar-refractivity contribution >= 4 is 5.69 Å². The lowest BCUT2D eigenvalue weighted by atomic mass is 10.2. The summed E-state index contributed by atoms with van der Waals surface area (Å²) in [4.78, 5) is 0. The van der Waals surface area contributed by atoms with Gasteiger partial charge in [0.1, 0.15) is 18.1 Å². The van der Waals surface area contributed by atoms with Crippen LogP contribution in [-0.4, -0.2) is 5.11 Å². The molecule has 0 aromatic heterocycles. The fraction of sp³-hybridized carbons (Fsp3) is 0.143. The van der Waals surface area contributed by atoms with Crippen molar-refractivity contribution in [2.24, 2.45) is 0 Å². The van der Waals surface area contributed by atoms with Crippen molar-refractivity contribution in [2.45, 2.75) is 13.5 Å². The second-order valence-electron chi connectivity index (χ2n) is 3.94. The average molecular weight is 229 g/mol. The van der Waals surface area contributed by atoms with Crippen molar-refractivity contribution in [3.8, 4) is 11.5 Å². The number of phenolic OH excluding ortho intramolecular Hbond substituents is 1. The third-order valence-electron chi connectivity index (χ3n) is 2.60. The Kier molecular flexibility index (Phi) is 3.19. The number of hydrogen-bond donors (Lipinski definition) is 2. The van der Waals surface area contributed by atoms with Gasteiger partial charge in [-0.3, -0.25) is 0 Å². The van der Waals surface area contributed by atoms with Gasteiger partial charge >= 0.3 is 0 Å². The number of aryl methyl sites for hydroxylation is 1. The monoisotopic (exact) mass is 229 g/mol. The largest absolute Gasteiger partial charge is 0.508 e. The summed E-state index contributed by atoms with van der Waals surface area (Å²) >= 11 is 0. The molecule has 0 aliphatic rings. The van der Waals surface area contributed by atoms with Crippen molar-refractivity contribution in [2.75, 3.05) is 5.73 Å². The minimum Gasteiger partial charge on any atom is -0.508 e. The van der Waals surface area contributed by atoms with Crippen LogP contribution in [0.4, 0.5) is 5.69 Å². The maximum Gasteiger partial charge on any atom is 0.122 e. The van der Waals surface area contributed by atoms with Crippen molar-refractivity contribution in [3.05, 3.63) is 53.6 Å². The Bertz CT molecular complexity index is 523. The molecule has 0 aliphatic carbocycles. The lowest BCUT2D eigenvalue weighted by Gasteiger charge is -2.10. The Labute approximate surface area is 100 Å². The average Bonchev–Trinajstić information content (AvgIpc) is 2.30. The molecular formula is C14H15NO2. The van der Waals surface area contributed by atoms with Crippen LogP contribution in [0.2, 0.25) is 0 Å². The minimum atomic E-state index is 0.245. The van der Waals surface area contributed by atoms with E-state index in [0.717, 1.165) is 22.6 Å². The Morgan fingerprint density at radius 3 is 2.65 bits per heavy atom. The number of ether oxygens (including phenoxy) is 1. The Morgan fingerprint density at radius 2 is 1.94 bits per heavy atom. The quantitative estimate of drug-likeness (QED) is 0.796. The van der Waals surface area contributed by atoms with Gasteiger partial charge < -0.3 is 15.6 Å². The highest BCUT2D eigenvalue weighted by Gasteiger charge is 2.02. The minimum absolute atomic E-state index is 0.245. The second-order valence-corrected chi connectivity index (χ2v) is 3.94. The zero-order valence-electron chi connectivity index (χ0n) is 9.68. The first-order chi connectivity index (χ1) is 8.16. The molecule has 17 heavy (non-hydrogen) atoms. The van der Waals surface area contributed by atoms with Crippen molar-refractivity contribution < 1.29 is 9.84 Å². The molecule has 0 radical (unpaired) electrons. The summed E-state index contributed by atoms with van der Waals surface area (Å²) in [5.74, 6) is 1.00. The van der Waals surface area contributed by atoms with Crippen LogP contribution in [0.1, 0.15) is 11.1 Å². The molecule has 0 fully saturated rings. The van der Waals surface area contributed by atoms with E-state index >= 15 is 0 Å². The number of nitrogen functional groups attached to an aromatic ring is 1. The van der Waals surface area contributed by atoms with Gasteiger partial charge in [0.15, 0.2) is 0 Å². The maximum absolute atomic E-state index is 9.29. The van der Waals surface area contributed by atoms with Gasteiger partial charge in [0.2, 0.25) is 0 Å². The van der Waals surface area contributed by atoms with Gasteiger partial charge in [-0.05, 0) is 36.8 Å². The van der Waals surface area contributed by atoms with E-state index in [1.54, 1.807) is 18.2 Å². The third-order valence-corrected chi connectivity index (χ3v) is 2.60. The summed E-state index contributed by atoms with van der Waals surface area (Å²) in [6, 6.07) is 12.6. The summed E-state index contributed by atoms with van der Waals surface area (Å²) < 4.78 is 5.67. The van der Waals surface area contributed by atoms with Crippen molar-refractivity contribution in [3.63, 3.8) is 0 Å². The summed E-state index contributed by atoms with van der Waals surface area (Å²) in [7, 11) is 0. The Morgan fingerprint density at radius 1 is 1.18 bits per heavy atom. The predicted molar refractivity (Wildman–Crippen MR) is 68.0 cm³/mol. The topological polar surface area (TPSA) is 55.5 Å². The van der Waals surface area contributed by atoms with Crippen LogP contribution in [0.25, 0.3) is 0 Å². The molecule has 0 saturated carbocycles. The highest BCUT2D eigenvalue weighted by atomic mass is 16.5. The van der Waals surface area contributed by atoms with Crippen LogP contribution >= 0.6 is 0 Å². The SMILES string of the molecule is Cc1cc(O)ccc1OCc1ccccc1N. The molecule has 0 bridgehead atoms. The van der Waals surface area contributed by atoms with Crippen LogP contribution in [0.15, 0.2) is 42.5 Å². The number of para-hydroxylation sites is 1. The molecule has 3 heteroatoms. The van der Waals surface area contributed by atoms with E-state index < -0.39 is 0 Å². The van der Waals surface area contributed by atoms with E-state index in [0.29, 0.717) is 6.61 Å². The third kappa shape index (κ3) is 2.69. The smallest absolute Gasteiger partial charge is 0.122 e. The molecule has 3 N–H and O–H groups in total. The van der Waals surface area contributed by atoms with Gasteiger partial charge in [0, 0.05) is 11.3 Å². The van der Waals surface area contributed by atoms with Crippen LogP contribution in [0.5, 0.6) is 11.5 Å². The van der Waals surface area contributed by atoms with Crippen LogP contribution in [0, 0.1) is 6.92 Å². The number of nitrogens with two attached hydrogens (primary N) is 1. The fourth-order valence-corrected chi connectivity index (χ4v) is 1.62. The first kappa shape index (κ1) is 11.3. The normalized spacial score (nSPS) is 10.2. The maximum atomic E-state index is 9.29. The number of phenols is 1. The van der Waals surface area contributed by atoms with Crippen molar-refractivity contribution in [1.29, 1.82) is 0 Å². The molecule has 0 saturated heterocycles. The van der Waals surface area contributed by atoms with E-state index in [2.05, 4.69) is 0 Å². The highest BCUT2D eigenvalue weighted by molar-refractivity contribution is 5.46. The summed E-state index contributed by atoms with van der Waals surface area (Å²) in [5.41, 5.74) is 8.41. The lowest BCUT2D eigenvalue weighted by molar-refractivity contribution is 0.304. The molecule has 0 atom stereocenters. The number of aromatic hydroxyl groups is 1. The summed E-state index contributed by atoms with van der Waals surface area (Å²) in [5, 5.41) is 9.29. The molecule has 0 amide bonds. The highest BCUT2D eigenvalue weighted by Crippen LogP contribution is 2.24.